The third-order valence-electron chi connectivity index (χ3n) is 3.59. The summed E-state index contributed by atoms with van der Waals surface area (Å²) in [6.45, 7) is 8.41. The molecule has 0 aromatic heterocycles. The molecule has 124 valence electrons. The molecule has 0 spiro atoms. The van der Waals surface area contributed by atoms with Crippen LogP contribution in [0.15, 0.2) is 0 Å². The highest BCUT2D eigenvalue weighted by Crippen LogP contribution is 2.20. The summed E-state index contributed by atoms with van der Waals surface area (Å²) in [4.78, 5) is 24.0. The van der Waals surface area contributed by atoms with Gasteiger partial charge in [-0.2, -0.15) is 0 Å². The van der Waals surface area contributed by atoms with Gasteiger partial charge in [0, 0.05) is 33.2 Å². The summed E-state index contributed by atoms with van der Waals surface area (Å²) in [5.41, 5.74) is 0. The molecule has 0 heterocycles. The summed E-state index contributed by atoms with van der Waals surface area (Å²) in [5, 5.41) is 11.6. The van der Waals surface area contributed by atoms with E-state index in [2.05, 4.69) is 19.2 Å². The Morgan fingerprint density at radius 1 is 1.29 bits per heavy atom. The van der Waals surface area contributed by atoms with Gasteiger partial charge >= 0.3 is 12.0 Å². The molecule has 0 saturated carbocycles. The molecule has 1 unspecified atom stereocenters. The third-order valence-corrected chi connectivity index (χ3v) is 3.59. The highest BCUT2D eigenvalue weighted by atomic mass is 16.5. The summed E-state index contributed by atoms with van der Waals surface area (Å²) in [6.07, 6.45) is 1.64. The number of nitrogens with zero attached hydrogens (tertiary/aromatic N) is 1. The van der Waals surface area contributed by atoms with Crippen LogP contribution in [0.1, 0.15) is 40.0 Å². The number of aliphatic carboxylic acids is 1. The van der Waals surface area contributed by atoms with Crippen molar-refractivity contribution in [2.45, 2.75) is 40.0 Å². The molecule has 0 saturated heterocycles. The molecule has 21 heavy (non-hydrogen) atoms. The molecule has 2 N–H and O–H groups in total. The number of carbonyl (C=O) groups is 2. The highest BCUT2D eigenvalue weighted by molar-refractivity contribution is 5.73. The van der Waals surface area contributed by atoms with Crippen molar-refractivity contribution < 1.29 is 19.4 Å². The standard InChI is InChI=1S/C15H30N2O4/c1-5-21-11-10-17(4)15(20)16-9-8-13(12(2)3)6-7-14(18)19/h12-13H,5-11H2,1-4H3,(H,16,20)(H,18,19). The van der Waals surface area contributed by atoms with Gasteiger partial charge in [0.1, 0.15) is 0 Å². The van der Waals surface area contributed by atoms with E-state index in [9.17, 15) is 9.59 Å². The predicted molar refractivity (Wildman–Crippen MR) is 82.3 cm³/mol. The Hall–Kier alpha value is -1.30. The first kappa shape index (κ1) is 19.7. The number of nitrogens with one attached hydrogen (secondary N) is 1. The van der Waals surface area contributed by atoms with E-state index in [4.69, 9.17) is 9.84 Å². The number of urea groups is 1. The van der Waals surface area contributed by atoms with Crippen LogP contribution >= 0.6 is 0 Å². The zero-order chi connectivity index (χ0) is 16.3. The maximum Gasteiger partial charge on any atom is 0.317 e. The van der Waals surface area contributed by atoms with Crippen molar-refractivity contribution in [1.29, 1.82) is 0 Å². The largest absolute Gasteiger partial charge is 0.481 e. The minimum Gasteiger partial charge on any atom is -0.481 e. The van der Waals surface area contributed by atoms with Crippen LogP contribution in [-0.2, 0) is 9.53 Å². The fourth-order valence-corrected chi connectivity index (χ4v) is 2.07. The molecule has 0 aliphatic carbocycles. The van der Waals surface area contributed by atoms with Gasteiger partial charge in [0.2, 0.25) is 0 Å². The number of carboxylic acids is 1. The predicted octanol–water partition coefficient (Wildman–Crippen LogP) is 2.19. The van der Waals surface area contributed by atoms with E-state index in [-0.39, 0.29) is 12.5 Å². The van der Waals surface area contributed by atoms with Crippen molar-refractivity contribution >= 4 is 12.0 Å². The number of hydrogen-bond acceptors (Lipinski definition) is 3. The Balaban J connectivity index is 3.96. The van der Waals surface area contributed by atoms with Crippen LogP contribution < -0.4 is 5.32 Å². The van der Waals surface area contributed by atoms with Gasteiger partial charge < -0.3 is 20.1 Å². The molecule has 0 aliphatic rings. The molecule has 0 rings (SSSR count). The topological polar surface area (TPSA) is 78.9 Å². The van der Waals surface area contributed by atoms with Crippen molar-refractivity contribution in [3.05, 3.63) is 0 Å². The minimum absolute atomic E-state index is 0.115. The number of likely N-dealkylation sites (N-methyl/N-ethyl adjacent to an activating group) is 1. The molecular weight excluding hydrogens is 272 g/mol. The molecule has 6 nitrogen and oxygen atoms in total. The summed E-state index contributed by atoms with van der Waals surface area (Å²) in [6, 6.07) is -0.115. The van der Waals surface area contributed by atoms with Crippen molar-refractivity contribution in [2.24, 2.45) is 11.8 Å². The number of ether oxygens (including phenoxy) is 1. The van der Waals surface area contributed by atoms with E-state index in [0.717, 1.165) is 6.42 Å². The zero-order valence-electron chi connectivity index (χ0n) is 13.7. The van der Waals surface area contributed by atoms with Crippen LogP contribution in [-0.4, -0.2) is 55.4 Å². The van der Waals surface area contributed by atoms with Gasteiger partial charge in [-0.1, -0.05) is 13.8 Å². The molecule has 0 aliphatic heterocycles. The number of carboxylic acid groups (broad SMARTS) is 1. The number of rotatable bonds is 11. The molecule has 6 heteroatoms. The zero-order valence-corrected chi connectivity index (χ0v) is 13.7. The van der Waals surface area contributed by atoms with Crippen LogP contribution in [0.3, 0.4) is 0 Å². The Morgan fingerprint density at radius 2 is 1.95 bits per heavy atom. The monoisotopic (exact) mass is 302 g/mol. The van der Waals surface area contributed by atoms with Crippen LogP contribution in [0, 0.1) is 11.8 Å². The minimum atomic E-state index is -0.764. The fourth-order valence-electron chi connectivity index (χ4n) is 2.07. The second kappa shape index (κ2) is 11.4. The average Bonchev–Trinajstić information content (AvgIpc) is 2.41. The number of hydrogen-bond donors (Lipinski definition) is 2. The summed E-state index contributed by atoms with van der Waals surface area (Å²) in [7, 11) is 1.73. The molecule has 1 atom stereocenters. The smallest absolute Gasteiger partial charge is 0.317 e. The van der Waals surface area contributed by atoms with Crippen molar-refractivity contribution in [3.8, 4) is 0 Å². The molecule has 0 fully saturated rings. The van der Waals surface area contributed by atoms with E-state index < -0.39 is 5.97 Å². The van der Waals surface area contributed by atoms with Crippen molar-refractivity contribution in [1.82, 2.24) is 10.2 Å². The Kier molecular flexibility index (Phi) is 10.7. The highest BCUT2D eigenvalue weighted by Gasteiger charge is 2.15. The Morgan fingerprint density at radius 3 is 2.48 bits per heavy atom. The van der Waals surface area contributed by atoms with Crippen LogP contribution in [0.4, 0.5) is 4.79 Å². The SMILES string of the molecule is CCOCCN(C)C(=O)NCCC(CCC(=O)O)C(C)C. The number of carbonyl (C=O) groups excluding carboxylic acids is 1. The number of amides is 2. The lowest BCUT2D eigenvalue weighted by atomic mass is 9.88. The van der Waals surface area contributed by atoms with E-state index >= 15 is 0 Å². The molecule has 0 radical (unpaired) electrons. The van der Waals surface area contributed by atoms with E-state index in [0.29, 0.717) is 44.6 Å². The lowest BCUT2D eigenvalue weighted by Gasteiger charge is -2.22. The average molecular weight is 302 g/mol. The Labute approximate surface area is 127 Å². The van der Waals surface area contributed by atoms with Gasteiger partial charge in [0.25, 0.3) is 0 Å². The maximum absolute atomic E-state index is 11.8. The quantitative estimate of drug-likeness (QED) is 0.573. The Bertz CT molecular complexity index is 308. The van der Waals surface area contributed by atoms with Gasteiger partial charge in [-0.25, -0.2) is 4.79 Å². The molecule has 0 aromatic carbocycles. The molecule has 0 aromatic rings. The van der Waals surface area contributed by atoms with Gasteiger partial charge in [-0.05, 0) is 31.6 Å². The molecule has 2 amide bonds. The second-order valence-corrected chi connectivity index (χ2v) is 5.58. The first-order valence-corrected chi connectivity index (χ1v) is 7.66. The van der Waals surface area contributed by atoms with Crippen molar-refractivity contribution in [2.75, 3.05) is 33.4 Å². The first-order valence-electron chi connectivity index (χ1n) is 7.66. The van der Waals surface area contributed by atoms with Crippen LogP contribution in [0.5, 0.6) is 0 Å². The van der Waals surface area contributed by atoms with E-state index in [1.807, 2.05) is 6.92 Å². The molecule has 0 bridgehead atoms. The first-order chi connectivity index (χ1) is 9.88. The third kappa shape index (κ3) is 10.1. The second-order valence-electron chi connectivity index (χ2n) is 5.58. The van der Waals surface area contributed by atoms with Gasteiger partial charge in [-0.3, -0.25) is 4.79 Å². The van der Waals surface area contributed by atoms with Gasteiger partial charge in [0.15, 0.2) is 0 Å². The fraction of sp³-hybridized carbons (Fsp3) is 0.867. The molecular formula is C15H30N2O4. The summed E-state index contributed by atoms with van der Waals surface area (Å²) < 4.78 is 5.21. The van der Waals surface area contributed by atoms with Crippen molar-refractivity contribution in [3.63, 3.8) is 0 Å². The summed E-state index contributed by atoms with van der Waals surface area (Å²) >= 11 is 0. The summed E-state index contributed by atoms with van der Waals surface area (Å²) in [5.74, 6) is -0.0348. The lowest BCUT2D eigenvalue weighted by Crippen LogP contribution is -2.40. The normalized spacial score (nSPS) is 12.2. The van der Waals surface area contributed by atoms with E-state index in [1.165, 1.54) is 0 Å². The maximum atomic E-state index is 11.8. The van der Waals surface area contributed by atoms with Gasteiger partial charge in [0.05, 0.1) is 6.61 Å². The van der Waals surface area contributed by atoms with Gasteiger partial charge in [-0.15, -0.1) is 0 Å². The van der Waals surface area contributed by atoms with Crippen LogP contribution in [0.2, 0.25) is 0 Å². The lowest BCUT2D eigenvalue weighted by molar-refractivity contribution is -0.137. The van der Waals surface area contributed by atoms with E-state index in [1.54, 1.807) is 11.9 Å². The van der Waals surface area contributed by atoms with Crippen LogP contribution in [0.25, 0.3) is 0 Å².